The second-order valence-corrected chi connectivity index (χ2v) is 5.80. The van der Waals surface area contributed by atoms with Crippen molar-refractivity contribution in [2.75, 3.05) is 5.32 Å². The van der Waals surface area contributed by atoms with Gasteiger partial charge in [0.15, 0.2) is 0 Å². The summed E-state index contributed by atoms with van der Waals surface area (Å²) in [5.74, 6) is 1.16. The summed E-state index contributed by atoms with van der Waals surface area (Å²) < 4.78 is 0. The van der Waals surface area contributed by atoms with Crippen LogP contribution < -0.4 is 10.6 Å². The van der Waals surface area contributed by atoms with Gasteiger partial charge in [-0.15, -0.1) is 0 Å². The molecular weight excluding hydrogens is 326 g/mol. The van der Waals surface area contributed by atoms with Gasteiger partial charge in [0.2, 0.25) is 0 Å². The van der Waals surface area contributed by atoms with E-state index >= 15 is 0 Å². The van der Waals surface area contributed by atoms with Crippen LogP contribution in [0.3, 0.4) is 0 Å². The summed E-state index contributed by atoms with van der Waals surface area (Å²) in [6.45, 7) is 0.331. The fourth-order valence-corrected chi connectivity index (χ4v) is 2.66. The predicted octanol–water partition coefficient (Wildman–Crippen LogP) is 3.63. The number of carbonyl (C=O) groups excluding carboxylic acids is 1. The summed E-state index contributed by atoms with van der Waals surface area (Å²) in [6.07, 6.45) is 1.61. The van der Waals surface area contributed by atoms with Crippen LogP contribution in [0.25, 0.3) is 11.0 Å². The maximum Gasteiger partial charge on any atom is 0.251 e. The third kappa shape index (κ3) is 3.54. The van der Waals surface area contributed by atoms with Crippen LogP contribution >= 0.6 is 0 Å². The molecule has 0 saturated heterocycles. The molecular formula is C20H17N5O. The Morgan fingerprint density at radius 2 is 1.81 bits per heavy atom. The number of pyridine rings is 1. The number of benzene rings is 2. The van der Waals surface area contributed by atoms with Gasteiger partial charge in [-0.1, -0.05) is 30.3 Å². The molecule has 3 N–H and O–H groups in total. The number of imidazole rings is 1. The molecule has 0 aliphatic carbocycles. The molecule has 0 atom stereocenters. The van der Waals surface area contributed by atoms with Crippen molar-refractivity contribution in [1.82, 2.24) is 20.3 Å². The SMILES string of the molecule is O=C(NCc1nc2ccccc2[nH]1)c1ccnc(Nc2ccccc2)c1. The summed E-state index contributed by atoms with van der Waals surface area (Å²) in [7, 11) is 0. The van der Waals surface area contributed by atoms with E-state index in [2.05, 4.69) is 25.6 Å². The minimum atomic E-state index is -0.177. The zero-order valence-corrected chi connectivity index (χ0v) is 13.9. The fraction of sp³-hybridized carbons (Fsp3) is 0.0500. The zero-order valence-electron chi connectivity index (χ0n) is 13.9. The number of hydrogen-bond donors (Lipinski definition) is 3. The number of carbonyl (C=O) groups is 1. The number of aromatic amines is 1. The molecule has 1 amide bonds. The second-order valence-electron chi connectivity index (χ2n) is 5.80. The first kappa shape index (κ1) is 15.8. The molecule has 6 nitrogen and oxygen atoms in total. The van der Waals surface area contributed by atoms with Gasteiger partial charge in [0.1, 0.15) is 11.6 Å². The zero-order chi connectivity index (χ0) is 17.8. The molecule has 4 aromatic rings. The van der Waals surface area contributed by atoms with Gasteiger partial charge in [-0.2, -0.15) is 0 Å². The lowest BCUT2D eigenvalue weighted by molar-refractivity contribution is 0.0950. The van der Waals surface area contributed by atoms with Crippen LogP contribution in [0.5, 0.6) is 0 Å². The summed E-state index contributed by atoms with van der Waals surface area (Å²) in [4.78, 5) is 24.3. The Kier molecular flexibility index (Phi) is 4.30. The van der Waals surface area contributed by atoms with Crippen molar-refractivity contribution in [2.45, 2.75) is 6.54 Å². The Morgan fingerprint density at radius 1 is 1.00 bits per heavy atom. The minimum Gasteiger partial charge on any atom is -0.345 e. The summed E-state index contributed by atoms with van der Waals surface area (Å²) in [5, 5.41) is 6.06. The van der Waals surface area contributed by atoms with Crippen LogP contribution in [0.15, 0.2) is 72.9 Å². The van der Waals surface area contributed by atoms with Crippen molar-refractivity contribution in [3.05, 3.63) is 84.3 Å². The van der Waals surface area contributed by atoms with E-state index in [0.717, 1.165) is 22.5 Å². The number of anilines is 2. The van der Waals surface area contributed by atoms with Crippen molar-refractivity contribution < 1.29 is 4.79 Å². The predicted molar refractivity (Wildman–Crippen MR) is 101 cm³/mol. The van der Waals surface area contributed by atoms with Crippen LogP contribution in [-0.2, 0) is 6.54 Å². The van der Waals surface area contributed by atoms with Crippen molar-refractivity contribution in [3.8, 4) is 0 Å². The van der Waals surface area contributed by atoms with E-state index in [-0.39, 0.29) is 5.91 Å². The van der Waals surface area contributed by atoms with Crippen LogP contribution in [-0.4, -0.2) is 20.9 Å². The Balaban J connectivity index is 1.43. The number of rotatable bonds is 5. The van der Waals surface area contributed by atoms with Gasteiger partial charge in [0, 0.05) is 17.4 Å². The van der Waals surface area contributed by atoms with E-state index in [4.69, 9.17) is 0 Å². The van der Waals surface area contributed by atoms with Crippen LogP contribution in [0.4, 0.5) is 11.5 Å². The molecule has 0 saturated carbocycles. The lowest BCUT2D eigenvalue weighted by Crippen LogP contribution is -2.23. The number of hydrogen-bond acceptors (Lipinski definition) is 4. The first-order valence-electron chi connectivity index (χ1n) is 8.28. The second kappa shape index (κ2) is 7.06. The first-order chi connectivity index (χ1) is 12.8. The molecule has 0 aliphatic rings. The average Bonchev–Trinajstić information content (AvgIpc) is 3.10. The van der Waals surface area contributed by atoms with Gasteiger partial charge in [-0.3, -0.25) is 4.79 Å². The van der Waals surface area contributed by atoms with E-state index in [0.29, 0.717) is 17.9 Å². The molecule has 0 fully saturated rings. The molecule has 6 heteroatoms. The quantitative estimate of drug-likeness (QED) is 0.517. The van der Waals surface area contributed by atoms with E-state index in [1.54, 1.807) is 18.3 Å². The van der Waals surface area contributed by atoms with Crippen LogP contribution in [0.1, 0.15) is 16.2 Å². The first-order valence-corrected chi connectivity index (χ1v) is 8.28. The van der Waals surface area contributed by atoms with Crippen molar-refractivity contribution >= 4 is 28.4 Å². The van der Waals surface area contributed by atoms with Gasteiger partial charge in [0.05, 0.1) is 17.6 Å². The largest absolute Gasteiger partial charge is 0.345 e. The molecule has 0 spiro atoms. The molecule has 2 aromatic carbocycles. The van der Waals surface area contributed by atoms with Gasteiger partial charge < -0.3 is 15.6 Å². The van der Waals surface area contributed by atoms with Crippen molar-refractivity contribution in [2.24, 2.45) is 0 Å². The van der Waals surface area contributed by atoms with Crippen molar-refractivity contribution in [3.63, 3.8) is 0 Å². The summed E-state index contributed by atoms with van der Waals surface area (Å²) >= 11 is 0. The smallest absolute Gasteiger partial charge is 0.251 e. The molecule has 0 unspecified atom stereocenters. The minimum absolute atomic E-state index is 0.177. The maximum absolute atomic E-state index is 12.4. The highest BCUT2D eigenvalue weighted by Gasteiger charge is 2.09. The highest BCUT2D eigenvalue weighted by Crippen LogP contribution is 2.15. The number of amides is 1. The molecule has 4 rings (SSSR count). The highest BCUT2D eigenvalue weighted by molar-refractivity contribution is 5.94. The number of fused-ring (bicyclic) bond motifs is 1. The highest BCUT2D eigenvalue weighted by atomic mass is 16.1. The molecule has 128 valence electrons. The Labute approximate surface area is 150 Å². The number of para-hydroxylation sites is 3. The Bertz CT molecular complexity index is 1010. The van der Waals surface area contributed by atoms with E-state index in [1.165, 1.54) is 0 Å². The van der Waals surface area contributed by atoms with Gasteiger partial charge >= 0.3 is 0 Å². The Morgan fingerprint density at radius 3 is 2.65 bits per heavy atom. The molecule has 26 heavy (non-hydrogen) atoms. The van der Waals surface area contributed by atoms with E-state index in [1.807, 2.05) is 54.6 Å². The van der Waals surface area contributed by atoms with Crippen molar-refractivity contribution in [1.29, 1.82) is 0 Å². The third-order valence-electron chi connectivity index (χ3n) is 3.92. The number of H-pyrrole nitrogens is 1. The van der Waals surface area contributed by atoms with Gasteiger partial charge in [0.25, 0.3) is 5.91 Å². The number of nitrogens with one attached hydrogen (secondary N) is 3. The number of aromatic nitrogens is 3. The van der Waals surface area contributed by atoms with E-state index < -0.39 is 0 Å². The molecule has 2 heterocycles. The molecule has 0 bridgehead atoms. The van der Waals surface area contributed by atoms with Gasteiger partial charge in [-0.25, -0.2) is 9.97 Å². The number of nitrogens with zero attached hydrogens (tertiary/aromatic N) is 2. The Hall–Kier alpha value is -3.67. The normalized spacial score (nSPS) is 10.6. The lowest BCUT2D eigenvalue weighted by Gasteiger charge is -2.07. The van der Waals surface area contributed by atoms with Crippen LogP contribution in [0.2, 0.25) is 0 Å². The third-order valence-corrected chi connectivity index (χ3v) is 3.92. The molecule has 0 aliphatic heterocycles. The summed E-state index contributed by atoms with van der Waals surface area (Å²) in [5.41, 5.74) is 3.29. The molecule has 0 radical (unpaired) electrons. The maximum atomic E-state index is 12.4. The van der Waals surface area contributed by atoms with Crippen LogP contribution in [0, 0.1) is 0 Å². The van der Waals surface area contributed by atoms with Gasteiger partial charge in [-0.05, 0) is 36.4 Å². The monoisotopic (exact) mass is 343 g/mol. The fourth-order valence-electron chi connectivity index (χ4n) is 2.66. The molecule has 2 aromatic heterocycles. The van der Waals surface area contributed by atoms with E-state index in [9.17, 15) is 4.79 Å². The lowest BCUT2D eigenvalue weighted by atomic mass is 10.2. The average molecular weight is 343 g/mol. The summed E-state index contributed by atoms with van der Waals surface area (Å²) in [6, 6.07) is 20.9. The topological polar surface area (TPSA) is 82.7 Å². The standard InChI is InChI=1S/C20H17N5O/c26-20(22-13-19-24-16-8-4-5-9-17(16)25-19)14-10-11-21-18(12-14)23-15-6-2-1-3-7-15/h1-12H,13H2,(H,21,23)(H,22,26)(H,24,25).